The van der Waals surface area contributed by atoms with E-state index in [1.807, 2.05) is 49.4 Å². The minimum absolute atomic E-state index is 0.0368. The van der Waals surface area contributed by atoms with E-state index in [-0.39, 0.29) is 13.2 Å². The number of halogens is 2. The molecule has 1 aliphatic heterocycles. The van der Waals surface area contributed by atoms with E-state index in [0.29, 0.717) is 35.7 Å². The zero-order valence-electron chi connectivity index (χ0n) is 17.5. The lowest BCUT2D eigenvalue weighted by Gasteiger charge is -2.19. The Bertz CT molecular complexity index is 1210. The molecular weight excluding hydrogens is 632 g/mol. The van der Waals surface area contributed by atoms with Gasteiger partial charge in [0.05, 0.1) is 1.43 Å². The number of hydrogen-bond acceptors (Lipinski definition) is 4. The maximum atomic E-state index is 12.8. The summed E-state index contributed by atoms with van der Waals surface area (Å²) in [7, 11) is 0. The number of ether oxygens (including phenoxy) is 1. The monoisotopic (exact) mass is 653 g/mol. The van der Waals surface area contributed by atoms with Gasteiger partial charge in [-0.1, -0.05) is 57.3 Å². The molecule has 3 aromatic rings. The van der Waals surface area contributed by atoms with Crippen molar-refractivity contribution < 1.29 is 14.3 Å². The Labute approximate surface area is 213 Å². The number of benzene rings is 2. The van der Waals surface area contributed by atoms with Crippen LogP contribution in [0.1, 0.15) is 40.4 Å². The van der Waals surface area contributed by atoms with Crippen LogP contribution in [-0.4, -0.2) is 16.8 Å². The molecule has 0 spiro atoms. The van der Waals surface area contributed by atoms with Gasteiger partial charge in [0.15, 0.2) is 0 Å². The van der Waals surface area contributed by atoms with Crippen molar-refractivity contribution in [2.75, 3.05) is 10.6 Å². The molecule has 0 aliphatic carbocycles. The largest absolute Gasteiger partial charge is 0.457 e. The normalized spacial score (nSPS) is 13.2. The highest BCUT2D eigenvalue weighted by Crippen LogP contribution is 2.39. The minimum Gasteiger partial charge on any atom is -0.457 e. The van der Waals surface area contributed by atoms with Crippen LogP contribution in [0.25, 0.3) is 0 Å². The van der Waals surface area contributed by atoms with Crippen LogP contribution in [0.15, 0.2) is 54.7 Å². The van der Waals surface area contributed by atoms with Crippen LogP contribution >= 0.6 is 45.2 Å². The van der Waals surface area contributed by atoms with Gasteiger partial charge in [0.1, 0.15) is 17.3 Å². The first kappa shape index (κ1) is 23.0. The van der Waals surface area contributed by atoms with E-state index in [2.05, 4.69) is 67.7 Å². The number of pyridine rings is 1. The van der Waals surface area contributed by atoms with Crippen LogP contribution in [-0.2, 0) is 12.6 Å². The zero-order valence-corrected chi connectivity index (χ0v) is 21.9. The average molecular weight is 653 g/mol. The third-order valence-electron chi connectivity index (χ3n) is 5.18. The number of aryl methyl sites for hydroxylation is 1. The lowest BCUT2D eigenvalue weighted by molar-refractivity contribution is -0.116. The van der Waals surface area contributed by atoms with Gasteiger partial charge in [0.2, 0.25) is 5.91 Å². The van der Waals surface area contributed by atoms with Crippen LogP contribution in [0.5, 0.6) is 11.5 Å². The van der Waals surface area contributed by atoms with Crippen molar-refractivity contribution in [2.45, 2.75) is 28.1 Å². The minimum atomic E-state index is -0.153. The number of fused-ring (bicyclic) bond motifs is 1. The first-order valence-corrected chi connectivity index (χ1v) is 12.2. The van der Waals surface area contributed by atoms with E-state index >= 15 is 0 Å². The van der Waals surface area contributed by atoms with Crippen molar-refractivity contribution in [1.29, 1.82) is 0 Å². The lowest BCUT2D eigenvalue weighted by atomic mass is 10.1. The molecule has 1 aromatic heterocycles. The molecular formula is C24H21I2N3O3. The molecule has 0 fully saturated rings. The molecule has 8 heteroatoms. The van der Waals surface area contributed by atoms with E-state index in [0.717, 1.165) is 22.4 Å². The van der Waals surface area contributed by atoms with Crippen molar-refractivity contribution in [3.05, 3.63) is 77.0 Å². The Morgan fingerprint density at radius 1 is 1.16 bits per heavy atom. The standard InChI is InChI=1S/C24H21I2N3O3/c1-14-12-17(32-20-10-11-27-22-18(20)7-9-21(30)29-22)6-8-19(14)28-23(31)15-4-3-5-16(13-15)24(2,25)26/h3-6,8,10-13H,7,9H2,1-2H3,(H,28,31)(H,27,29,30). The zero-order chi connectivity index (χ0) is 22.9. The van der Waals surface area contributed by atoms with Gasteiger partial charge in [-0.2, -0.15) is 0 Å². The number of nitrogens with one attached hydrogen (secondary N) is 2. The van der Waals surface area contributed by atoms with Gasteiger partial charge in [-0.25, -0.2) is 4.98 Å². The van der Waals surface area contributed by atoms with Gasteiger partial charge in [0, 0.05) is 29.4 Å². The van der Waals surface area contributed by atoms with Crippen molar-refractivity contribution >= 4 is 68.5 Å². The summed E-state index contributed by atoms with van der Waals surface area (Å²) >= 11 is 4.71. The molecule has 0 saturated heterocycles. The molecule has 4 rings (SSSR count). The molecule has 32 heavy (non-hydrogen) atoms. The second-order valence-corrected chi connectivity index (χ2v) is 14.1. The van der Waals surface area contributed by atoms with Crippen molar-refractivity contribution in [3.8, 4) is 11.5 Å². The molecule has 0 unspecified atom stereocenters. The van der Waals surface area contributed by atoms with Gasteiger partial charge < -0.3 is 15.4 Å². The number of aromatic nitrogens is 1. The predicted molar refractivity (Wildman–Crippen MR) is 142 cm³/mol. The molecule has 1 aliphatic rings. The van der Waals surface area contributed by atoms with E-state index in [9.17, 15) is 9.59 Å². The maximum Gasteiger partial charge on any atom is 0.255 e. The number of nitrogens with zero attached hydrogens (tertiary/aromatic N) is 1. The summed E-state index contributed by atoms with van der Waals surface area (Å²) in [5, 5.41) is 5.77. The Kier molecular flexibility index (Phi) is 6.70. The van der Waals surface area contributed by atoms with Crippen molar-refractivity contribution in [3.63, 3.8) is 0 Å². The number of rotatable bonds is 5. The highest BCUT2D eigenvalue weighted by atomic mass is 127. The van der Waals surface area contributed by atoms with Crippen molar-refractivity contribution in [1.82, 2.24) is 4.98 Å². The fourth-order valence-corrected chi connectivity index (χ4v) is 4.12. The van der Waals surface area contributed by atoms with Crippen LogP contribution in [0.3, 0.4) is 0 Å². The lowest BCUT2D eigenvalue weighted by Crippen LogP contribution is -2.20. The summed E-state index contributed by atoms with van der Waals surface area (Å²) in [4.78, 5) is 28.7. The first-order chi connectivity index (χ1) is 15.2. The Hall–Kier alpha value is -2.21. The molecule has 2 amide bonds. The highest BCUT2D eigenvalue weighted by Gasteiger charge is 2.21. The number of alkyl halides is 2. The molecule has 2 aromatic carbocycles. The van der Waals surface area contributed by atoms with E-state index in [1.54, 1.807) is 12.3 Å². The predicted octanol–water partition coefficient (Wildman–Crippen LogP) is 6.36. The van der Waals surface area contributed by atoms with E-state index < -0.39 is 0 Å². The van der Waals surface area contributed by atoms with Crippen LogP contribution in [0.2, 0.25) is 0 Å². The van der Waals surface area contributed by atoms with E-state index in [4.69, 9.17) is 4.74 Å². The topological polar surface area (TPSA) is 80.3 Å². The number of anilines is 2. The Balaban J connectivity index is 1.51. The number of amides is 2. The fourth-order valence-electron chi connectivity index (χ4n) is 3.45. The van der Waals surface area contributed by atoms with Crippen LogP contribution < -0.4 is 15.4 Å². The molecule has 0 bridgehead atoms. The van der Waals surface area contributed by atoms with Gasteiger partial charge in [-0.05, 0) is 67.8 Å². The smallest absolute Gasteiger partial charge is 0.255 e. The molecule has 164 valence electrons. The van der Waals surface area contributed by atoms with E-state index in [1.165, 1.54) is 0 Å². The Morgan fingerprint density at radius 3 is 2.72 bits per heavy atom. The molecule has 6 nitrogen and oxygen atoms in total. The fraction of sp³-hybridized carbons (Fsp3) is 0.208. The summed E-state index contributed by atoms with van der Waals surface area (Å²) in [5.41, 5.74) is 4.20. The SMILES string of the molecule is Cc1cc(Oc2ccnc3c2CCC(=O)N3)ccc1NC(=O)c1cccc(C(C)(I)I)c1. The molecule has 0 atom stereocenters. The summed E-state index contributed by atoms with van der Waals surface area (Å²) in [5.74, 6) is 1.68. The van der Waals surface area contributed by atoms with Crippen LogP contribution in [0, 0.1) is 6.92 Å². The summed E-state index contributed by atoms with van der Waals surface area (Å²) in [6.07, 6.45) is 2.62. The van der Waals surface area contributed by atoms with Gasteiger partial charge in [-0.15, -0.1) is 0 Å². The highest BCUT2D eigenvalue weighted by molar-refractivity contribution is 14.2. The van der Waals surface area contributed by atoms with Gasteiger partial charge in [0.25, 0.3) is 5.91 Å². The second-order valence-electron chi connectivity index (χ2n) is 7.69. The number of carbonyl (C=O) groups is 2. The summed E-state index contributed by atoms with van der Waals surface area (Å²) < 4.78 is 6.00. The third-order valence-corrected chi connectivity index (χ3v) is 6.42. The molecule has 0 saturated carbocycles. The molecule has 2 N–H and O–H groups in total. The molecule has 0 radical (unpaired) electrons. The molecule has 2 heterocycles. The van der Waals surface area contributed by atoms with Crippen LogP contribution in [0.4, 0.5) is 11.5 Å². The third kappa shape index (κ3) is 5.22. The Morgan fingerprint density at radius 2 is 1.97 bits per heavy atom. The summed E-state index contributed by atoms with van der Waals surface area (Å²) in [6, 6.07) is 15.0. The van der Waals surface area contributed by atoms with Crippen molar-refractivity contribution in [2.24, 2.45) is 0 Å². The number of hydrogen-bond donors (Lipinski definition) is 2. The summed E-state index contributed by atoms with van der Waals surface area (Å²) in [6.45, 7) is 4.02. The van der Waals surface area contributed by atoms with Gasteiger partial charge >= 0.3 is 0 Å². The first-order valence-electron chi connectivity index (χ1n) is 10.1. The second kappa shape index (κ2) is 9.34. The maximum absolute atomic E-state index is 12.8. The average Bonchev–Trinajstić information content (AvgIpc) is 2.75. The van der Waals surface area contributed by atoms with Gasteiger partial charge in [-0.3, -0.25) is 9.59 Å². The number of carbonyl (C=O) groups excluding carboxylic acids is 2. The quantitative estimate of drug-likeness (QED) is 0.248.